The number of halogens is 1. The van der Waals surface area contributed by atoms with E-state index in [0.717, 1.165) is 21.6 Å². The Labute approximate surface area is 176 Å². The van der Waals surface area contributed by atoms with E-state index in [1.807, 2.05) is 62.4 Å². The molecule has 146 valence electrons. The number of hydrogen-bond acceptors (Lipinski definition) is 3. The number of nitrogens with one attached hydrogen (secondary N) is 1. The molecule has 3 aromatic rings. The Hall–Kier alpha value is -1.79. The Kier molecular flexibility index (Phi) is 6.83. The zero-order valence-electron chi connectivity index (χ0n) is 15.7. The quantitative estimate of drug-likeness (QED) is 0.483. The number of hydrogen-bond donors (Lipinski definition) is 1. The van der Waals surface area contributed by atoms with Crippen LogP contribution in [0.25, 0.3) is 0 Å². The molecule has 0 heterocycles. The molecule has 0 fully saturated rings. The molecule has 1 N–H and O–H groups in total. The molecule has 6 heteroatoms. The van der Waals surface area contributed by atoms with Gasteiger partial charge in [-0.05, 0) is 55.8 Å². The van der Waals surface area contributed by atoms with Crippen molar-refractivity contribution in [1.29, 1.82) is 0 Å². The van der Waals surface area contributed by atoms with Crippen molar-refractivity contribution in [3.63, 3.8) is 0 Å². The van der Waals surface area contributed by atoms with Crippen molar-refractivity contribution in [1.82, 2.24) is 4.72 Å². The zero-order chi connectivity index (χ0) is 20.1. The van der Waals surface area contributed by atoms with E-state index < -0.39 is 10.0 Å². The predicted octanol–water partition coefficient (Wildman–Crippen LogP) is 5.77. The van der Waals surface area contributed by atoms with E-state index in [-0.39, 0.29) is 10.9 Å². The fourth-order valence-electron chi connectivity index (χ4n) is 2.68. The minimum atomic E-state index is -3.63. The van der Waals surface area contributed by atoms with E-state index >= 15 is 0 Å². The summed E-state index contributed by atoms with van der Waals surface area (Å²) in [5.74, 6) is 0.565. The van der Waals surface area contributed by atoms with Crippen molar-refractivity contribution in [2.75, 3.05) is 5.75 Å². The van der Waals surface area contributed by atoms with Crippen LogP contribution in [0.15, 0.2) is 82.6 Å². The zero-order valence-corrected chi connectivity index (χ0v) is 18.1. The molecule has 1 atom stereocenters. The van der Waals surface area contributed by atoms with Gasteiger partial charge in [0.25, 0.3) is 0 Å². The lowest BCUT2D eigenvalue weighted by atomic mass is 10.1. The summed E-state index contributed by atoms with van der Waals surface area (Å²) >= 11 is 7.54. The average Bonchev–Trinajstić information content (AvgIpc) is 2.67. The van der Waals surface area contributed by atoms with Gasteiger partial charge in [-0.25, -0.2) is 13.1 Å². The third-order valence-corrected chi connectivity index (χ3v) is 7.18. The predicted molar refractivity (Wildman–Crippen MR) is 118 cm³/mol. The lowest BCUT2D eigenvalue weighted by Crippen LogP contribution is -2.30. The first-order valence-corrected chi connectivity index (χ1v) is 11.7. The second-order valence-corrected chi connectivity index (χ2v) is 9.91. The highest BCUT2D eigenvalue weighted by Gasteiger charge is 2.21. The highest BCUT2D eigenvalue weighted by atomic mass is 35.5. The van der Waals surface area contributed by atoms with Crippen molar-refractivity contribution in [2.45, 2.75) is 29.7 Å². The van der Waals surface area contributed by atoms with Crippen LogP contribution in [-0.2, 0) is 10.0 Å². The van der Waals surface area contributed by atoms with Gasteiger partial charge in [0, 0.05) is 15.7 Å². The third kappa shape index (κ3) is 5.61. The van der Waals surface area contributed by atoms with Gasteiger partial charge in [0.05, 0.1) is 10.9 Å². The Morgan fingerprint density at radius 2 is 1.39 bits per heavy atom. The van der Waals surface area contributed by atoms with E-state index in [1.165, 1.54) is 0 Å². The maximum absolute atomic E-state index is 12.9. The SMILES string of the molecule is Cc1ccc(C(CSc2ccc(Cl)cc2)NS(=O)(=O)c2ccc(C)cc2)cc1. The first-order chi connectivity index (χ1) is 13.3. The molecule has 0 amide bonds. The molecule has 3 aromatic carbocycles. The molecular formula is C22H22ClNO2S2. The molecule has 0 aliphatic carbocycles. The summed E-state index contributed by atoms with van der Waals surface area (Å²) in [7, 11) is -3.63. The second kappa shape index (κ2) is 9.14. The fraction of sp³-hybridized carbons (Fsp3) is 0.182. The Bertz CT molecular complexity index is 1020. The number of rotatable bonds is 7. The first-order valence-electron chi connectivity index (χ1n) is 8.87. The fourth-order valence-corrected chi connectivity index (χ4v) is 5.10. The maximum atomic E-state index is 12.9. The molecule has 0 aliphatic rings. The number of benzene rings is 3. The molecule has 0 saturated heterocycles. The summed E-state index contributed by atoms with van der Waals surface area (Å²) in [5.41, 5.74) is 3.09. The van der Waals surface area contributed by atoms with E-state index in [4.69, 9.17) is 11.6 Å². The van der Waals surface area contributed by atoms with Crippen molar-refractivity contribution in [2.24, 2.45) is 0 Å². The van der Waals surface area contributed by atoms with Crippen molar-refractivity contribution < 1.29 is 8.42 Å². The largest absolute Gasteiger partial charge is 0.241 e. The molecule has 3 rings (SSSR count). The van der Waals surface area contributed by atoms with Crippen LogP contribution in [0, 0.1) is 13.8 Å². The molecule has 3 nitrogen and oxygen atoms in total. The molecular weight excluding hydrogens is 410 g/mol. The van der Waals surface area contributed by atoms with Gasteiger partial charge < -0.3 is 0 Å². The van der Waals surface area contributed by atoms with Crippen molar-refractivity contribution >= 4 is 33.4 Å². The van der Waals surface area contributed by atoms with Crippen LogP contribution >= 0.6 is 23.4 Å². The summed E-state index contributed by atoms with van der Waals surface area (Å²) < 4.78 is 28.7. The summed E-state index contributed by atoms with van der Waals surface area (Å²) in [6.45, 7) is 3.94. The monoisotopic (exact) mass is 431 g/mol. The molecule has 0 bridgehead atoms. The highest BCUT2D eigenvalue weighted by molar-refractivity contribution is 7.99. The normalized spacial score (nSPS) is 12.7. The molecule has 0 aliphatic heterocycles. The van der Waals surface area contributed by atoms with Gasteiger partial charge >= 0.3 is 0 Å². The lowest BCUT2D eigenvalue weighted by molar-refractivity contribution is 0.568. The highest BCUT2D eigenvalue weighted by Crippen LogP contribution is 2.27. The van der Waals surface area contributed by atoms with Gasteiger partial charge in [0.1, 0.15) is 0 Å². The van der Waals surface area contributed by atoms with Gasteiger partial charge in [0.15, 0.2) is 0 Å². The number of aryl methyl sites for hydroxylation is 2. The molecule has 0 aromatic heterocycles. The molecule has 0 saturated carbocycles. The molecule has 1 unspecified atom stereocenters. The van der Waals surface area contributed by atoms with E-state index in [0.29, 0.717) is 10.8 Å². The van der Waals surface area contributed by atoms with Crippen LogP contribution in [0.3, 0.4) is 0 Å². The van der Waals surface area contributed by atoms with E-state index in [2.05, 4.69) is 4.72 Å². The van der Waals surface area contributed by atoms with Crippen LogP contribution in [0.4, 0.5) is 0 Å². The van der Waals surface area contributed by atoms with Gasteiger partial charge in [-0.2, -0.15) is 0 Å². The van der Waals surface area contributed by atoms with Gasteiger partial charge in [-0.3, -0.25) is 0 Å². The number of thioether (sulfide) groups is 1. The second-order valence-electron chi connectivity index (χ2n) is 6.66. The molecule has 0 radical (unpaired) electrons. The first kappa shape index (κ1) is 20.9. The van der Waals surface area contributed by atoms with Gasteiger partial charge in [-0.15, -0.1) is 11.8 Å². The van der Waals surface area contributed by atoms with Crippen LogP contribution < -0.4 is 4.72 Å². The molecule has 0 spiro atoms. The maximum Gasteiger partial charge on any atom is 0.241 e. The average molecular weight is 432 g/mol. The molecule has 28 heavy (non-hydrogen) atoms. The Balaban J connectivity index is 1.83. The summed E-state index contributed by atoms with van der Waals surface area (Å²) in [5, 5.41) is 0.680. The minimum Gasteiger partial charge on any atom is -0.207 e. The smallest absolute Gasteiger partial charge is 0.207 e. The van der Waals surface area contributed by atoms with Gasteiger partial charge in [0.2, 0.25) is 10.0 Å². The topological polar surface area (TPSA) is 46.2 Å². The van der Waals surface area contributed by atoms with E-state index in [1.54, 1.807) is 36.0 Å². The van der Waals surface area contributed by atoms with Crippen LogP contribution in [-0.4, -0.2) is 14.2 Å². The summed E-state index contributed by atoms with van der Waals surface area (Å²) in [6.07, 6.45) is 0. The van der Waals surface area contributed by atoms with Crippen molar-refractivity contribution in [3.8, 4) is 0 Å². The Morgan fingerprint density at radius 3 is 1.96 bits per heavy atom. The number of sulfonamides is 1. The minimum absolute atomic E-state index is 0.270. The third-order valence-electron chi connectivity index (χ3n) is 4.34. The standard InChI is InChI=1S/C22H22ClNO2S2/c1-16-3-7-18(8-4-16)22(15-27-20-11-9-19(23)10-12-20)24-28(25,26)21-13-5-17(2)6-14-21/h3-14,22,24H,15H2,1-2H3. The van der Waals surface area contributed by atoms with Crippen LogP contribution in [0.5, 0.6) is 0 Å². The Morgan fingerprint density at radius 1 is 0.857 bits per heavy atom. The lowest BCUT2D eigenvalue weighted by Gasteiger charge is -2.19. The van der Waals surface area contributed by atoms with Crippen LogP contribution in [0.1, 0.15) is 22.7 Å². The summed E-state index contributed by atoms with van der Waals surface area (Å²) in [6, 6.07) is 22.0. The summed E-state index contributed by atoms with van der Waals surface area (Å²) in [4.78, 5) is 1.31. The van der Waals surface area contributed by atoms with E-state index in [9.17, 15) is 8.42 Å². The van der Waals surface area contributed by atoms with Crippen molar-refractivity contribution in [3.05, 3.63) is 94.5 Å². The van der Waals surface area contributed by atoms with Crippen LogP contribution in [0.2, 0.25) is 5.02 Å². The van der Waals surface area contributed by atoms with Gasteiger partial charge in [-0.1, -0.05) is 59.1 Å².